The number of benzene rings is 1. The van der Waals surface area contributed by atoms with Crippen molar-refractivity contribution >= 4 is 23.5 Å². The number of hydrogen-bond donors (Lipinski definition) is 0. The highest BCUT2D eigenvalue weighted by atomic mass is 16.6. The first-order chi connectivity index (χ1) is 11.0. The summed E-state index contributed by atoms with van der Waals surface area (Å²) in [6.45, 7) is 1.19. The van der Waals surface area contributed by atoms with Crippen molar-refractivity contribution in [3.63, 3.8) is 0 Å². The molecule has 120 valence electrons. The summed E-state index contributed by atoms with van der Waals surface area (Å²) in [5.74, 6) is -1.21. The van der Waals surface area contributed by atoms with Crippen LogP contribution in [0, 0.1) is 10.1 Å². The van der Waals surface area contributed by atoms with Crippen LogP contribution in [0.2, 0.25) is 0 Å². The Labute approximate surface area is 133 Å². The maximum atomic E-state index is 12.5. The Morgan fingerprint density at radius 3 is 2.61 bits per heavy atom. The van der Waals surface area contributed by atoms with Gasteiger partial charge in [-0.25, -0.2) is 0 Å². The van der Waals surface area contributed by atoms with Gasteiger partial charge in [0.15, 0.2) is 5.76 Å². The summed E-state index contributed by atoms with van der Waals surface area (Å²) >= 11 is 0. The minimum Gasteiger partial charge on any atom is -0.422 e. The fourth-order valence-corrected chi connectivity index (χ4v) is 2.42. The molecule has 0 amide bonds. The van der Waals surface area contributed by atoms with Crippen LogP contribution < -0.4 is 0 Å². The second-order valence-electron chi connectivity index (χ2n) is 5.22. The molecule has 0 fully saturated rings. The second-order valence-corrected chi connectivity index (χ2v) is 5.22. The van der Waals surface area contributed by atoms with Crippen LogP contribution in [0.4, 0.5) is 5.69 Å². The monoisotopic (exact) mass is 315 g/mol. The molecule has 0 aliphatic heterocycles. The third kappa shape index (κ3) is 4.35. The van der Waals surface area contributed by atoms with Gasteiger partial charge >= 0.3 is 5.97 Å². The average Bonchev–Trinajstić information content (AvgIpc) is 2.54. The number of nitro groups is 1. The van der Waals surface area contributed by atoms with Gasteiger partial charge in [0, 0.05) is 13.0 Å². The zero-order valence-electron chi connectivity index (χ0n) is 12.8. The molecule has 0 N–H and O–H groups in total. The van der Waals surface area contributed by atoms with Crippen LogP contribution in [0.5, 0.6) is 0 Å². The van der Waals surface area contributed by atoms with E-state index in [2.05, 4.69) is 0 Å². The van der Waals surface area contributed by atoms with Gasteiger partial charge in [0.1, 0.15) is 0 Å². The van der Waals surface area contributed by atoms with Crippen LogP contribution >= 0.6 is 0 Å². The number of ketones is 1. The molecule has 6 heteroatoms. The SMILES string of the molecule is CC(=O)O/C(=C/c1ccccc1[N+](=O)[O-])C(=O)C1=CCCCC1. The van der Waals surface area contributed by atoms with Crippen LogP contribution in [0.25, 0.3) is 6.08 Å². The van der Waals surface area contributed by atoms with Gasteiger partial charge in [0.25, 0.3) is 5.69 Å². The van der Waals surface area contributed by atoms with Gasteiger partial charge in [-0.3, -0.25) is 19.7 Å². The highest BCUT2D eigenvalue weighted by Crippen LogP contribution is 2.25. The van der Waals surface area contributed by atoms with Crippen molar-refractivity contribution in [2.24, 2.45) is 0 Å². The molecule has 0 atom stereocenters. The van der Waals surface area contributed by atoms with Crippen molar-refractivity contribution < 1.29 is 19.2 Å². The van der Waals surface area contributed by atoms with E-state index in [1.165, 1.54) is 31.2 Å². The summed E-state index contributed by atoms with van der Waals surface area (Å²) in [7, 11) is 0. The Bertz CT molecular complexity index is 703. The molecule has 1 aliphatic carbocycles. The third-order valence-corrected chi connectivity index (χ3v) is 3.48. The Balaban J connectivity index is 2.42. The van der Waals surface area contributed by atoms with E-state index in [-0.39, 0.29) is 17.0 Å². The van der Waals surface area contributed by atoms with Gasteiger partial charge < -0.3 is 4.74 Å². The standard InChI is InChI=1S/C17H17NO5/c1-12(19)23-16(17(20)13-7-3-2-4-8-13)11-14-9-5-6-10-15(14)18(21)22/h5-7,9-11H,2-4,8H2,1H3/b16-11+. The first-order valence-electron chi connectivity index (χ1n) is 7.36. The lowest BCUT2D eigenvalue weighted by Crippen LogP contribution is -2.13. The summed E-state index contributed by atoms with van der Waals surface area (Å²) in [6.07, 6.45) is 6.44. The largest absolute Gasteiger partial charge is 0.422 e. The van der Waals surface area contributed by atoms with Gasteiger partial charge in [-0.2, -0.15) is 0 Å². The minimum atomic E-state index is -0.639. The zero-order valence-corrected chi connectivity index (χ0v) is 12.8. The molecule has 6 nitrogen and oxygen atoms in total. The maximum Gasteiger partial charge on any atom is 0.308 e. The average molecular weight is 315 g/mol. The van der Waals surface area contributed by atoms with Crippen LogP contribution in [0.3, 0.4) is 0 Å². The number of carbonyl (C=O) groups excluding carboxylic acids is 2. The lowest BCUT2D eigenvalue weighted by molar-refractivity contribution is -0.385. The van der Waals surface area contributed by atoms with Crippen molar-refractivity contribution in [1.29, 1.82) is 0 Å². The second kappa shape index (κ2) is 7.49. The van der Waals surface area contributed by atoms with E-state index >= 15 is 0 Å². The van der Waals surface area contributed by atoms with Gasteiger partial charge in [-0.15, -0.1) is 0 Å². The van der Waals surface area contributed by atoms with Crippen LogP contribution in [-0.2, 0) is 14.3 Å². The lowest BCUT2D eigenvalue weighted by atomic mass is 9.95. The normalized spacial score (nSPS) is 14.8. The van der Waals surface area contributed by atoms with E-state index in [1.54, 1.807) is 6.07 Å². The van der Waals surface area contributed by atoms with Crippen LogP contribution in [0.15, 0.2) is 41.7 Å². The molecule has 0 aromatic heterocycles. The van der Waals surface area contributed by atoms with Gasteiger partial charge in [-0.1, -0.05) is 18.2 Å². The summed E-state index contributed by atoms with van der Waals surface area (Å²) in [4.78, 5) is 34.3. The Morgan fingerprint density at radius 1 is 1.26 bits per heavy atom. The Hall–Kier alpha value is -2.76. The van der Waals surface area contributed by atoms with Crippen LogP contribution in [0.1, 0.15) is 38.2 Å². The summed E-state index contributed by atoms with van der Waals surface area (Å²) in [6, 6.07) is 5.99. The maximum absolute atomic E-state index is 12.5. The predicted octanol–water partition coefficient (Wildman–Crippen LogP) is 3.57. The molecule has 0 bridgehead atoms. The molecule has 0 unspecified atom stereocenters. The molecule has 0 saturated heterocycles. The zero-order chi connectivity index (χ0) is 16.8. The number of hydrogen-bond acceptors (Lipinski definition) is 5. The third-order valence-electron chi connectivity index (χ3n) is 3.48. The highest BCUT2D eigenvalue weighted by Gasteiger charge is 2.21. The first kappa shape index (κ1) is 16.6. The molecular weight excluding hydrogens is 298 g/mol. The Morgan fingerprint density at radius 2 is 2.00 bits per heavy atom. The lowest BCUT2D eigenvalue weighted by Gasteiger charge is -2.13. The predicted molar refractivity (Wildman–Crippen MR) is 84.4 cm³/mol. The molecule has 0 radical (unpaired) electrons. The van der Waals surface area contributed by atoms with E-state index in [0.29, 0.717) is 12.0 Å². The number of para-hydroxylation sites is 1. The van der Waals surface area contributed by atoms with E-state index in [9.17, 15) is 19.7 Å². The van der Waals surface area contributed by atoms with E-state index in [1.807, 2.05) is 6.08 Å². The quantitative estimate of drug-likeness (QED) is 0.272. The van der Waals surface area contributed by atoms with E-state index < -0.39 is 16.7 Å². The highest BCUT2D eigenvalue weighted by molar-refractivity contribution is 6.10. The van der Waals surface area contributed by atoms with E-state index in [0.717, 1.165) is 19.3 Å². The van der Waals surface area contributed by atoms with Crippen molar-refractivity contribution in [2.45, 2.75) is 32.6 Å². The van der Waals surface area contributed by atoms with Gasteiger partial charge in [0.05, 0.1) is 10.5 Å². The van der Waals surface area contributed by atoms with Crippen molar-refractivity contribution in [1.82, 2.24) is 0 Å². The first-order valence-corrected chi connectivity index (χ1v) is 7.36. The fraction of sp³-hybridized carbons (Fsp3) is 0.294. The number of nitro benzene ring substituents is 1. The van der Waals surface area contributed by atoms with E-state index in [4.69, 9.17) is 4.74 Å². The smallest absolute Gasteiger partial charge is 0.308 e. The summed E-state index contributed by atoms with van der Waals surface area (Å²) in [5, 5.41) is 11.1. The molecule has 0 heterocycles. The molecule has 0 spiro atoms. The fourth-order valence-electron chi connectivity index (χ4n) is 2.42. The van der Waals surface area contributed by atoms with Gasteiger partial charge in [0.2, 0.25) is 5.78 Å². The molecular formula is C17H17NO5. The number of rotatable bonds is 5. The Kier molecular flexibility index (Phi) is 5.41. The minimum absolute atomic E-state index is 0.150. The van der Waals surface area contributed by atoms with Crippen molar-refractivity contribution in [3.8, 4) is 0 Å². The number of carbonyl (C=O) groups is 2. The number of allylic oxidation sites excluding steroid dienone is 2. The number of ether oxygens (including phenoxy) is 1. The number of Topliss-reactive ketones (excluding diaryl/α,β-unsaturated/α-hetero) is 1. The molecule has 2 rings (SSSR count). The molecule has 1 aromatic carbocycles. The number of esters is 1. The van der Waals surface area contributed by atoms with Crippen LogP contribution in [-0.4, -0.2) is 16.7 Å². The van der Waals surface area contributed by atoms with Crippen molar-refractivity contribution in [3.05, 3.63) is 57.4 Å². The van der Waals surface area contributed by atoms with Crippen molar-refractivity contribution in [2.75, 3.05) is 0 Å². The molecule has 1 aromatic rings. The topological polar surface area (TPSA) is 86.5 Å². The molecule has 1 aliphatic rings. The summed E-state index contributed by atoms with van der Waals surface area (Å²) in [5.41, 5.74) is 0.656. The molecule has 23 heavy (non-hydrogen) atoms. The summed E-state index contributed by atoms with van der Waals surface area (Å²) < 4.78 is 5.01. The number of nitrogens with zero attached hydrogens (tertiary/aromatic N) is 1. The molecule has 0 saturated carbocycles. The van der Waals surface area contributed by atoms with Gasteiger partial charge in [-0.05, 0) is 43.4 Å².